The third-order valence-electron chi connectivity index (χ3n) is 4.03. The van der Waals surface area contributed by atoms with Crippen LogP contribution in [0.15, 0.2) is 53.0 Å². The van der Waals surface area contributed by atoms with Crippen LogP contribution in [0.4, 0.5) is 5.69 Å². The maximum absolute atomic E-state index is 12.3. The molecule has 134 valence electrons. The zero-order chi connectivity index (χ0) is 18.7. The van der Waals surface area contributed by atoms with E-state index in [1.54, 1.807) is 0 Å². The van der Waals surface area contributed by atoms with Gasteiger partial charge in [0.1, 0.15) is 5.75 Å². The smallest absolute Gasteiger partial charge is 0.262 e. The molecule has 0 aliphatic heterocycles. The predicted molar refractivity (Wildman–Crippen MR) is 106 cm³/mol. The Morgan fingerprint density at radius 2 is 1.81 bits per heavy atom. The highest BCUT2D eigenvalue weighted by molar-refractivity contribution is 9.10. The summed E-state index contributed by atoms with van der Waals surface area (Å²) < 4.78 is 8.21. The first-order valence-electron chi connectivity index (χ1n) is 8.26. The van der Waals surface area contributed by atoms with Gasteiger partial charge in [0.25, 0.3) is 5.91 Å². The molecule has 0 spiro atoms. The number of aromatic nitrogens is 2. The van der Waals surface area contributed by atoms with E-state index in [-0.39, 0.29) is 12.5 Å². The molecule has 0 radical (unpaired) electrons. The average Bonchev–Trinajstić information content (AvgIpc) is 2.90. The van der Waals surface area contributed by atoms with E-state index in [1.165, 1.54) is 5.56 Å². The highest BCUT2D eigenvalue weighted by Crippen LogP contribution is 2.25. The van der Waals surface area contributed by atoms with Gasteiger partial charge in [0.05, 0.1) is 27.2 Å². The third kappa shape index (κ3) is 3.96. The summed E-state index contributed by atoms with van der Waals surface area (Å²) in [5, 5.41) is 7.46. The zero-order valence-corrected chi connectivity index (χ0v) is 16.5. The second-order valence-corrected chi connectivity index (χ2v) is 6.91. The van der Waals surface area contributed by atoms with Gasteiger partial charge < -0.3 is 10.1 Å². The van der Waals surface area contributed by atoms with Gasteiger partial charge in [0, 0.05) is 0 Å². The number of ether oxygens (including phenoxy) is 1. The molecule has 0 unspecified atom stereocenters. The zero-order valence-electron chi connectivity index (χ0n) is 14.9. The Hall–Kier alpha value is -2.60. The van der Waals surface area contributed by atoms with Crippen molar-refractivity contribution in [3.63, 3.8) is 0 Å². The third-order valence-corrected chi connectivity index (χ3v) is 4.68. The van der Waals surface area contributed by atoms with Crippen LogP contribution in [-0.4, -0.2) is 22.3 Å². The Bertz CT molecular complexity index is 933. The number of halogens is 1. The number of hydrogen-bond acceptors (Lipinski definition) is 3. The summed E-state index contributed by atoms with van der Waals surface area (Å²) >= 11 is 3.40. The Balaban J connectivity index is 1.72. The van der Waals surface area contributed by atoms with Gasteiger partial charge in [0.2, 0.25) is 0 Å². The lowest BCUT2D eigenvalue weighted by molar-refractivity contribution is -0.118. The number of amides is 1. The van der Waals surface area contributed by atoms with Gasteiger partial charge in [0.15, 0.2) is 6.61 Å². The van der Waals surface area contributed by atoms with Gasteiger partial charge in [-0.2, -0.15) is 5.10 Å². The van der Waals surface area contributed by atoms with Crippen molar-refractivity contribution in [1.29, 1.82) is 0 Å². The van der Waals surface area contributed by atoms with Crippen molar-refractivity contribution >= 4 is 27.5 Å². The van der Waals surface area contributed by atoms with Crippen LogP contribution in [-0.2, 0) is 4.79 Å². The van der Waals surface area contributed by atoms with Crippen molar-refractivity contribution in [2.45, 2.75) is 20.8 Å². The fourth-order valence-corrected chi connectivity index (χ4v) is 3.04. The molecule has 0 aliphatic rings. The fourth-order valence-electron chi connectivity index (χ4n) is 2.64. The topological polar surface area (TPSA) is 56.2 Å². The monoisotopic (exact) mass is 413 g/mol. The maximum Gasteiger partial charge on any atom is 0.262 e. The van der Waals surface area contributed by atoms with Gasteiger partial charge in [-0.3, -0.25) is 4.79 Å². The van der Waals surface area contributed by atoms with Crippen LogP contribution in [0.1, 0.15) is 17.0 Å². The van der Waals surface area contributed by atoms with Gasteiger partial charge in [-0.05, 0) is 61.0 Å². The van der Waals surface area contributed by atoms with Crippen LogP contribution < -0.4 is 10.1 Å². The van der Waals surface area contributed by atoms with Crippen molar-refractivity contribution < 1.29 is 9.53 Å². The molecule has 5 nitrogen and oxygen atoms in total. The van der Waals surface area contributed by atoms with Crippen LogP contribution >= 0.6 is 15.9 Å². The second kappa shape index (κ2) is 7.74. The molecule has 0 saturated carbocycles. The molecule has 0 bridgehead atoms. The Labute approximate surface area is 161 Å². The molecule has 3 rings (SSSR count). The van der Waals surface area contributed by atoms with Gasteiger partial charge in [-0.25, -0.2) is 4.68 Å². The van der Waals surface area contributed by atoms with E-state index in [1.807, 2.05) is 74.0 Å². The van der Waals surface area contributed by atoms with Crippen molar-refractivity contribution in [3.8, 4) is 11.4 Å². The van der Waals surface area contributed by atoms with E-state index >= 15 is 0 Å². The number of benzene rings is 2. The molecular formula is C20H20BrN3O2. The molecule has 6 heteroatoms. The summed E-state index contributed by atoms with van der Waals surface area (Å²) in [5.41, 5.74) is 4.50. The lowest BCUT2D eigenvalue weighted by Crippen LogP contribution is -2.21. The largest absolute Gasteiger partial charge is 0.483 e. The van der Waals surface area contributed by atoms with Crippen LogP contribution in [0.5, 0.6) is 5.75 Å². The molecular weight excluding hydrogens is 394 g/mol. The van der Waals surface area contributed by atoms with Crippen molar-refractivity contribution in [3.05, 3.63) is 70.0 Å². The Kier molecular flexibility index (Phi) is 5.42. The van der Waals surface area contributed by atoms with Crippen LogP contribution in [0.25, 0.3) is 5.69 Å². The molecule has 0 aliphatic carbocycles. The number of carbonyl (C=O) groups excluding carboxylic acids is 1. The lowest BCUT2D eigenvalue weighted by atomic mass is 10.2. The first-order valence-corrected chi connectivity index (χ1v) is 9.05. The number of rotatable bonds is 5. The second-order valence-electron chi connectivity index (χ2n) is 6.06. The lowest BCUT2D eigenvalue weighted by Gasteiger charge is -2.09. The van der Waals surface area contributed by atoms with E-state index in [2.05, 4.69) is 26.3 Å². The average molecular weight is 414 g/mol. The van der Waals surface area contributed by atoms with Gasteiger partial charge in [-0.15, -0.1) is 0 Å². The van der Waals surface area contributed by atoms with Gasteiger partial charge >= 0.3 is 0 Å². The number of anilines is 1. The Morgan fingerprint density at radius 1 is 1.12 bits per heavy atom. The number of nitrogens with zero attached hydrogens (tertiary/aromatic N) is 2. The first kappa shape index (κ1) is 18.2. The van der Waals surface area contributed by atoms with Crippen LogP contribution in [0.2, 0.25) is 0 Å². The summed E-state index contributed by atoms with van der Waals surface area (Å²) in [4.78, 5) is 12.3. The van der Waals surface area contributed by atoms with Gasteiger partial charge in [-0.1, -0.05) is 29.8 Å². The van der Waals surface area contributed by atoms with Crippen molar-refractivity contribution in [1.82, 2.24) is 9.78 Å². The minimum atomic E-state index is -0.226. The molecule has 1 N–H and O–H groups in total. The molecule has 0 fully saturated rings. The van der Waals surface area contributed by atoms with E-state index in [0.717, 1.165) is 21.5 Å². The number of hydrogen-bond donors (Lipinski definition) is 1. The SMILES string of the molecule is Cc1ccc(-n2nc(C)c(NC(=O)COc3ccccc3Br)c2C)cc1. The normalized spacial score (nSPS) is 10.6. The van der Waals surface area contributed by atoms with Crippen LogP contribution in [0, 0.1) is 20.8 Å². The number of aryl methyl sites for hydroxylation is 2. The highest BCUT2D eigenvalue weighted by Gasteiger charge is 2.15. The fraction of sp³-hybridized carbons (Fsp3) is 0.200. The number of nitrogens with one attached hydrogen (secondary N) is 1. The first-order chi connectivity index (χ1) is 12.5. The summed E-state index contributed by atoms with van der Waals surface area (Å²) in [5.74, 6) is 0.404. The summed E-state index contributed by atoms with van der Waals surface area (Å²) in [7, 11) is 0. The van der Waals surface area contributed by atoms with E-state index in [4.69, 9.17) is 4.74 Å². The summed E-state index contributed by atoms with van der Waals surface area (Å²) in [6, 6.07) is 15.5. The molecule has 3 aromatic rings. The summed E-state index contributed by atoms with van der Waals surface area (Å²) in [6.07, 6.45) is 0. The van der Waals surface area contributed by atoms with E-state index < -0.39 is 0 Å². The molecule has 1 aromatic heterocycles. The predicted octanol–water partition coefficient (Wildman–Crippen LogP) is 4.58. The minimum absolute atomic E-state index is 0.0722. The molecule has 1 amide bonds. The Morgan fingerprint density at radius 3 is 2.50 bits per heavy atom. The van der Waals surface area contributed by atoms with E-state index in [9.17, 15) is 4.79 Å². The number of para-hydroxylation sites is 1. The molecule has 2 aromatic carbocycles. The standard InChI is InChI=1S/C20H20BrN3O2/c1-13-8-10-16(11-9-13)24-15(3)20(14(2)23-24)22-19(25)12-26-18-7-5-4-6-17(18)21/h4-11H,12H2,1-3H3,(H,22,25). The molecule has 26 heavy (non-hydrogen) atoms. The van der Waals surface area contributed by atoms with E-state index in [0.29, 0.717) is 11.4 Å². The maximum atomic E-state index is 12.3. The van der Waals surface area contributed by atoms with Crippen LogP contribution in [0.3, 0.4) is 0 Å². The quantitative estimate of drug-likeness (QED) is 0.665. The summed E-state index contributed by atoms with van der Waals surface area (Å²) in [6.45, 7) is 5.78. The minimum Gasteiger partial charge on any atom is -0.483 e. The molecule has 0 atom stereocenters. The highest BCUT2D eigenvalue weighted by atomic mass is 79.9. The molecule has 0 saturated heterocycles. The number of carbonyl (C=O) groups is 1. The molecule has 1 heterocycles. The van der Waals surface area contributed by atoms with Crippen molar-refractivity contribution in [2.24, 2.45) is 0 Å². The van der Waals surface area contributed by atoms with Crippen molar-refractivity contribution in [2.75, 3.05) is 11.9 Å².